The van der Waals surface area contributed by atoms with Gasteiger partial charge < -0.3 is 0 Å². The molecule has 14 heavy (non-hydrogen) atoms. The molecule has 0 saturated heterocycles. The van der Waals surface area contributed by atoms with E-state index in [-0.39, 0.29) is 0 Å². The topological polar surface area (TPSA) is 12.4 Å². The first-order valence-electron chi connectivity index (χ1n) is 4.63. The van der Waals surface area contributed by atoms with Crippen LogP contribution in [0.4, 0.5) is 5.69 Å². The number of hydrogen-bond acceptors (Lipinski definition) is 2. The van der Waals surface area contributed by atoms with Crippen LogP contribution in [-0.4, -0.2) is 5.71 Å². The Bertz CT molecular complexity index is 483. The van der Waals surface area contributed by atoms with Gasteiger partial charge in [-0.1, -0.05) is 24.3 Å². The van der Waals surface area contributed by atoms with Gasteiger partial charge in [0.25, 0.3) is 0 Å². The zero-order valence-electron chi connectivity index (χ0n) is 7.60. The van der Waals surface area contributed by atoms with E-state index in [1.165, 1.54) is 16.2 Å². The van der Waals surface area contributed by atoms with Crippen LogP contribution in [0.25, 0.3) is 0 Å². The normalized spacial score (nSPS) is 13.9. The molecule has 0 bridgehead atoms. The molecule has 0 N–H and O–H groups in total. The summed E-state index contributed by atoms with van der Waals surface area (Å²) in [4.78, 5) is 5.91. The van der Waals surface area contributed by atoms with Crippen LogP contribution in [0.2, 0.25) is 0 Å². The minimum atomic E-state index is 0.983. The first kappa shape index (κ1) is 7.94. The van der Waals surface area contributed by atoms with E-state index < -0.39 is 0 Å². The molecule has 2 heteroatoms. The van der Waals surface area contributed by atoms with Crippen LogP contribution < -0.4 is 0 Å². The molecular formula is C12H9NS. The summed E-state index contributed by atoms with van der Waals surface area (Å²) in [6, 6.07) is 12.6. The van der Waals surface area contributed by atoms with Crippen molar-refractivity contribution in [1.82, 2.24) is 0 Å². The molecule has 68 valence electrons. The number of para-hydroxylation sites is 1. The number of benzene rings is 1. The highest BCUT2D eigenvalue weighted by Crippen LogP contribution is 2.29. The highest BCUT2D eigenvalue weighted by Gasteiger charge is 2.15. The van der Waals surface area contributed by atoms with Crippen molar-refractivity contribution in [2.75, 3.05) is 0 Å². The second-order valence-corrected chi connectivity index (χ2v) is 4.29. The van der Waals surface area contributed by atoms with Crippen LogP contribution in [0.3, 0.4) is 0 Å². The summed E-state index contributed by atoms with van der Waals surface area (Å²) in [7, 11) is 0. The average molecular weight is 199 g/mol. The van der Waals surface area contributed by atoms with Gasteiger partial charge in [-0.05, 0) is 23.1 Å². The second-order valence-electron chi connectivity index (χ2n) is 3.34. The van der Waals surface area contributed by atoms with Crippen LogP contribution >= 0.6 is 11.3 Å². The molecule has 1 aromatic carbocycles. The Morgan fingerprint density at radius 1 is 1.07 bits per heavy atom. The zero-order valence-corrected chi connectivity index (χ0v) is 8.42. The van der Waals surface area contributed by atoms with Crippen molar-refractivity contribution in [2.24, 2.45) is 4.99 Å². The van der Waals surface area contributed by atoms with Crippen molar-refractivity contribution in [1.29, 1.82) is 0 Å². The fourth-order valence-electron chi connectivity index (χ4n) is 1.72. The molecule has 2 heterocycles. The minimum Gasteiger partial charge on any atom is -0.251 e. The van der Waals surface area contributed by atoms with Crippen molar-refractivity contribution in [3.63, 3.8) is 0 Å². The van der Waals surface area contributed by atoms with E-state index in [1.54, 1.807) is 11.3 Å². The van der Waals surface area contributed by atoms with Crippen LogP contribution in [0.5, 0.6) is 0 Å². The summed E-state index contributed by atoms with van der Waals surface area (Å²) < 4.78 is 0. The number of aliphatic imine (C=N–C) groups is 1. The van der Waals surface area contributed by atoms with Gasteiger partial charge in [0, 0.05) is 11.3 Å². The lowest BCUT2D eigenvalue weighted by atomic mass is 10.1. The molecule has 0 spiro atoms. The second kappa shape index (κ2) is 3.07. The van der Waals surface area contributed by atoms with Crippen molar-refractivity contribution < 1.29 is 0 Å². The van der Waals surface area contributed by atoms with Crippen LogP contribution in [0, 0.1) is 0 Å². The smallest absolute Gasteiger partial charge is 0.0669 e. The molecule has 0 radical (unpaired) electrons. The van der Waals surface area contributed by atoms with Gasteiger partial charge in [0.15, 0.2) is 0 Å². The molecule has 0 aliphatic carbocycles. The maximum Gasteiger partial charge on any atom is 0.0669 e. The van der Waals surface area contributed by atoms with E-state index in [0.717, 1.165) is 12.1 Å². The Balaban J connectivity index is 2.04. The van der Waals surface area contributed by atoms with Gasteiger partial charge in [0.2, 0.25) is 0 Å². The van der Waals surface area contributed by atoms with Gasteiger partial charge in [-0.3, -0.25) is 4.99 Å². The third-order valence-electron chi connectivity index (χ3n) is 2.41. The number of hydrogen-bond donors (Lipinski definition) is 0. The maximum absolute atomic E-state index is 4.62. The minimum absolute atomic E-state index is 0.983. The summed E-state index contributed by atoms with van der Waals surface area (Å²) in [6.45, 7) is 0. The predicted molar refractivity (Wildman–Crippen MR) is 60.7 cm³/mol. The standard InChI is InChI=1S/C12H9NS/c1-2-5-10-9(4-1)8-11(13-10)12-6-3-7-14-12/h1-7H,8H2. The average Bonchev–Trinajstić information content (AvgIpc) is 2.86. The lowest BCUT2D eigenvalue weighted by Gasteiger charge is -1.93. The number of thiophene rings is 1. The molecule has 1 nitrogen and oxygen atoms in total. The molecular weight excluding hydrogens is 190 g/mol. The molecule has 2 aromatic rings. The van der Waals surface area contributed by atoms with Crippen LogP contribution in [0.1, 0.15) is 10.4 Å². The quantitative estimate of drug-likeness (QED) is 0.667. The molecule has 0 amide bonds. The van der Waals surface area contributed by atoms with Gasteiger partial charge in [0.05, 0.1) is 11.4 Å². The van der Waals surface area contributed by atoms with Crippen LogP contribution in [0.15, 0.2) is 46.8 Å². The van der Waals surface area contributed by atoms with Crippen molar-refractivity contribution in [3.8, 4) is 0 Å². The first-order chi connectivity index (χ1) is 6.93. The molecule has 1 aliphatic heterocycles. The Kier molecular flexibility index (Phi) is 1.74. The Hall–Kier alpha value is -1.41. The maximum atomic E-state index is 4.62. The molecule has 0 unspecified atom stereocenters. The Labute approximate surface area is 86.7 Å². The Morgan fingerprint density at radius 2 is 2.00 bits per heavy atom. The lowest BCUT2D eigenvalue weighted by Crippen LogP contribution is -1.96. The van der Waals surface area contributed by atoms with Gasteiger partial charge in [-0.25, -0.2) is 0 Å². The van der Waals surface area contributed by atoms with Crippen molar-refractivity contribution in [2.45, 2.75) is 6.42 Å². The number of fused-ring (bicyclic) bond motifs is 1. The van der Waals surface area contributed by atoms with E-state index in [9.17, 15) is 0 Å². The molecule has 3 rings (SSSR count). The fraction of sp³-hybridized carbons (Fsp3) is 0.0833. The summed E-state index contributed by atoms with van der Waals surface area (Å²) in [5.41, 5.74) is 3.69. The summed E-state index contributed by atoms with van der Waals surface area (Å²) >= 11 is 1.76. The third kappa shape index (κ3) is 1.19. The summed E-state index contributed by atoms with van der Waals surface area (Å²) in [6.07, 6.45) is 0.983. The number of rotatable bonds is 1. The van der Waals surface area contributed by atoms with Crippen molar-refractivity contribution in [3.05, 3.63) is 52.2 Å². The van der Waals surface area contributed by atoms with Gasteiger partial charge in [-0.2, -0.15) is 0 Å². The van der Waals surface area contributed by atoms with E-state index in [4.69, 9.17) is 0 Å². The molecule has 0 saturated carbocycles. The first-order valence-corrected chi connectivity index (χ1v) is 5.51. The lowest BCUT2D eigenvalue weighted by molar-refractivity contribution is 1.40. The van der Waals surface area contributed by atoms with Gasteiger partial charge in [0.1, 0.15) is 0 Å². The van der Waals surface area contributed by atoms with E-state index in [0.29, 0.717) is 0 Å². The van der Waals surface area contributed by atoms with Gasteiger partial charge in [-0.15, -0.1) is 11.3 Å². The van der Waals surface area contributed by atoms with E-state index >= 15 is 0 Å². The third-order valence-corrected chi connectivity index (χ3v) is 3.33. The highest BCUT2D eigenvalue weighted by molar-refractivity contribution is 7.12. The largest absolute Gasteiger partial charge is 0.251 e. The SMILES string of the molecule is c1csc(C2=Nc3ccccc3C2)c1. The van der Waals surface area contributed by atoms with Crippen molar-refractivity contribution >= 4 is 22.7 Å². The predicted octanol–water partition coefficient (Wildman–Crippen LogP) is 3.43. The zero-order chi connectivity index (χ0) is 9.38. The number of nitrogens with zero attached hydrogens (tertiary/aromatic N) is 1. The molecule has 1 aliphatic rings. The molecule has 0 fully saturated rings. The van der Waals surface area contributed by atoms with E-state index in [2.05, 4.69) is 40.7 Å². The summed E-state index contributed by atoms with van der Waals surface area (Å²) in [5.74, 6) is 0. The van der Waals surface area contributed by atoms with Crippen LogP contribution in [-0.2, 0) is 6.42 Å². The fourth-order valence-corrected chi connectivity index (χ4v) is 2.43. The molecule has 1 aromatic heterocycles. The van der Waals surface area contributed by atoms with E-state index in [1.807, 2.05) is 6.07 Å². The highest BCUT2D eigenvalue weighted by atomic mass is 32.1. The Morgan fingerprint density at radius 3 is 2.79 bits per heavy atom. The molecule has 0 atom stereocenters. The van der Waals surface area contributed by atoms with Gasteiger partial charge >= 0.3 is 0 Å². The summed E-state index contributed by atoms with van der Waals surface area (Å²) in [5, 5.41) is 2.10. The monoisotopic (exact) mass is 199 g/mol.